The van der Waals surface area contributed by atoms with Gasteiger partial charge in [0.1, 0.15) is 0 Å². The summed E-state index contributed by atoms with van der Waals surface area (Å²) < 4.78 is 0. The number of rotatable bonds is 3. The lowest BCUT2D eigenvalue weighted by Gasteiger charge is -2.25. The Kier molecular flexibility index (Phi) is 4.48. The Morgan fingerprint density at radius 2 is 1.76 bits per heavy atom. The lowest BCUT2D eigenvalue weighted by molar-refractivity contribution is 0.469. The second-order valence-electron chi connectivity index (χ2n) is 9.46. The zero-order valence-electron chi connectivity index (χ0n) is 17.7. The summed E-state index contributed by atoms with van der Waals surface area (Å²) in [5.74, 6) is 0. The van der Waals surface area contributed by atoms with Gasteiger partial charge in [-0.1, -0.05) is 69.3 Å². The van der Waals surface area contributed by atoms with E-state index in [2.05, 4.69) is 91.7 Å². The molecule has 0 bridgehead atoms. The molecule has 2 N–H and O–H groups in total. The van der Waals surface area contributed by atoms with Crippen molar-refractivity contribution in [2.45, 2.75) is 51.5 Å². The van der Waals surface area contributed by atoms with E-state index in [1.165, 1.54) is 44.1 Å². The van der Waals surface area contributed by atoms with E-state index in [4.69, 9.17) is 0 Å². The number of aromatic amines is 1. The number of aromatic nitrogens is 1. The highest BCUT2D eigenvalue weighted by atomic mass is 15.0. The molecule has 0 amide bonds. The Morgan fingerprint density at radius 1 is 0.931 bits per heavy atom. The molecule has 1 atom stereocenters. The van der Waals surface area contributed by atoms with Gasteiger partial charge in [-0.3, -0.25) is 0 Å². The fourth-order valence-electron chi connectivity index (χ4n) is 4.83. The molecule has 1 aliphatic rings. The second-order valence-corrected chi connectivity index (χ2v) is 9.46. The van der Waals surface area contributed by atoms with Crippen LogP contribution in [0.4, 0.5) is 0 Å². The second kappa shape index (κ2) is 7.03. The SMILES string of the molecule is CC(C)(C)c1ccc2[nH]c3c(c2c1)CCNC3CCc1cccc2ccccc12. The number of hydrogen-bond donors (Lipinski definition) is 2. The van der Waals surface area contributed by atoms with Crippen LogP contribution in [0.2, 0.25) is 0 Å². The van der Waals surface area contributed by atoms with Gasteiger partial charge < -0.3 is 10.3 Å². The smallest absolute Gasteiger partial charge is 0.0479 e. The summed E-state index contributed by atoms with van der Waals surface area (Å²) in [7, 11) is 0. The maximum Gasteiger partial charge on any atom is 0.0479 e. The van der Waals surface area contributed by atoms with Crippen molar-refractivity contribution in [1.29, 1.82) is 0 Å². The lowest BCUT2D eigenvalue weighted by atomic mass is 9.85. The number of aryl methyl sites for hydroxylation is 1. The molecule has 0 spiro atoms. The van der Waals surface area contributed by atoms with Gasteiger partial charge in [0.05, 0.1) is 0 Å². The van der Waals surface area contributed by atoms with Crippen LogP contribution in [-0.2, 0) is 18.3 Å². The number of fused-ring (bicyclic) bond motifs is 4. The standard InChI is InChI=1S/C27H30N2/c1-27(2,3)20-12-14-24-23(17-20)22-15-16-28-25(26(22)29-24)13-11-19-9-6-8-18-7-4-5-10-21(18)19/h4-10,12,14,17,25,28-29H,11,13,15-16H2,1-3H3. The van der Waals surface area contributed by atoms with Crippen molar-refractivity contribution in [2.75, 3.05) is 6.54 Å². The molecule has 0 saturated carbocycles. The van der Waals surface area contributed by atoms with E-state index in [9.17, 15) is 0 Å². The fraction of sp³-hybridized carbons (Fsp3) is 0.333. The van der Waals surface area contributed by atoms with Crippen molar-refractivity contribution in [3.8, 4) is 0 Å². The average molecular weight is 383 g/mol. The normalized spacial score (nSPS) is 17.0. The lowest BCUT2D eigenvalue weighted by Crippen LogP contribution is -2.30. The van der Waals surface area contributed by atoms with E-state index in [0.29, 0.717) is 6.04 Å². The minimum atomic E-state index is 0.180. The van der Waals surface area contributed by atoms with Gasteiger partial charge in [-0.25, -0.2) is 0 Å². The molecule has 0 fully saturated rings. The van der Waals surface area contributed by atoms with E-state index in [1.807, 2.05) is 0 Å². The summed E-state index contributed by atoms with van der Waals surface area (Å²) in [6.45, 7) is 7.94. The third kappa shape index (κ3) is 3.36. The predicted molar refractivity (Wildman–Crippen MR) is 124 cm³/mol. The van der Waals surface area contributed by atoms with Crippen LogP contribution in [-0.4, -0.2) is 11.5 Å². The van der Waals surface area contributed by atoms with Crippen LogP contribution in [0.25, 0.3) is 21.7 Å². The molecule has 0 aliphatic carbocycles. The summed E-state index contributed by atoms with van der Waals surface area (Å²) in [4.78, 5) is 3.76. The molecule has 5 rings (SSSR count). The number of nitrogens with one attached hydrogen (secondary N) is 2. The molecule has 0 saturated heterocycles. The van der Waals surface area contributed by atoms with E-state index < -0.39 is 0 Å². The number of benzene rings is 3. The van der Waals surface area contributed by atoms with Gasteiger partial charge in [0, 0.05) is 22.6 Å². The van der Waals surface area contributed by atoms with Crippen LogP contribution < -0.4 is 5.32 Å². The molecule has 1 aromatic heterocycles. The summed E-state index contributed by atoms with van der Waals surface area (Å²) >= 11 is 0. The van der Waals surface area contributed by atoms with Gasteiger partial charge in [-0.15, -0.1) is 0 Å². The molecule has 148 valence electrons. The van der Waals surface area contributed by atoms with Crippen molar-refractivity contribution in [3.05, 3.63) is 83.0 Å². The summed E-state index contributed by atoms with van der Waals surface area (Å²) in [5, 5.41) is 7.91. The van der Waals surface area contributed by atoms with Crippen LogP contribution in [0.1, 0.15) is 55.6 Å². The molecule has 4 aromatic rings. The maximum atomic E-state index is 3.77. The van der Waals surface area contributed by atoms with Gasteiger partial charge in [-0.05, 0) is 70.8 Å². The Bertz CT molecular complexity index is 1170. The quantitative estimate of drug-likeness (QED) is 0.419. The highest BCUT2D eigenvalue weighted by molar-refractivity contribution is 5.87. The first-order chi connectivity index (χ1) is 14.0. The Labute approximate surface area is 173 Å². The van der Waals surface area contributed by atoms with Gasteiger partial charge in [-0.2, -0.15) is 0 Å². The molecule has 29 heavy (non-hydrogen) atoms. The van der Waals surface area contributed by atoms with E-state index in [-0.39, 0.29) is 5.41 Å². The molecule has 1 aliphatic heterocycles. The zero-order valence-corrected chi connectivity index (χ0v) is 17.7. The van der Waals surface area contributed by atoms with Crippen molar-refractivity contribution < 1.29 is 0 Å². The van der Waals surface area contributed by atoms with Crippen LogP contribution >= 0.6 is 0 Å². The van der Waals surface area contributed by atoms with E-state index >= 15 is 0 Å². The third-order valence-electron chi connectivity index (χ3n) is 6.50. The largest absolute Gasteiger partial charge is 0.357 e. The van der Waals surface area contributed by atoms with Crippen molar-refractivity contribution in [1.82, 2.24) is 10.3 Å². The van der Waals surface area contributed by atoms with Crippen LogP contribution in [0.5, 0.6) is 0 Å². The van der Waals surface area contributed by atoms with E-state index in [1.54, 1.807) is 0 Å². The molecule has 1 unspecified atom stereocenters. The third-order valence-corrected chi connectivity index (χ3v) is 6.50. The number of hydrogen-bond acceptors (Lipinski definition) is 1. The Hall–Kier alpha value is -2.58. The highest BCUT2D eigenvalue weighted by Gasteiger charge is 2.25. The molecular formula is C27H30N2. The molecule has 2 heteroatoms. The topological polar surface area (TPSA) is 27.8 Å². The summed E-state index contributed by atoms with van der Waals surface area (Å²) in [5.41, 5.74) is 7.24. The summed E-state index contributed by atoms with van der Waals surface area (Å²) in [6.07, 6.45) is 3.30. The molecule has 2 heterocycles. The van der Waals surface area contributed by atoms with E-state index in [0.717, 1.165) is 25.8 Å². The molecule has 2 nitrogen and oxygen atoms in total. The highest BCUT2D eigenvalue weighted by Crippen LogP contribution is 2.35. The van der Waals surface area contributed by atoms with Crippen molar-refractivity contribution >= 4 is 21.7 Å². The first kappa shape index (κ1) is 18.4. The molecule has 0 radical (unpaired) electrons. The first-order valence-corrected chi connectivity index (χ1v) is 10.9. The average Bonchev–Trinajstić information content (AvgIpc) is 3.10. The molecule has 3 aromatic carbocycles. The van der Waals surface area contributed by atoms with Crippen LogP contribution in [0.15, 0.2) is 60.7 Å². The Morgan fingerprint density at radius 3 is 2.62 bits per heavy atom. The van der Waals surface area contributed by atoms with Gasteiger partial charge in [0.25, 0.3) is 0 Å². The summed E-state index contributed by atoms with van der Waals surface area (Å²) in [6, 6.07) is 22.8. The minimum absolute atomic E-state index is 0.180. The first-order valence-electron chi connectivity index (χ1n) is 10.9. The zero-order chi connectivity index (χ0) is 20.0. The van der Waals surface area contributed by atoms with Crippen LogP contribution in [0.3, 0.4) is 0 Å². The van der Waals surface area contributed by atoms with Gasteiger partial charge in [0.15, 0.2) is 0 Å². The number of H-pyrrole nitrogens is 1. The van der Waals surface area contributed by atoms with Gasteiger partial charge >= 0.3 is 0 Å². The monoisotopic (exact) mass is 382 g/mol. The molecular weight excluding hydrogens is 352 g/mol. The predicted octanol–water partition coefficient (Wildman–Crippen LogP) is 6.44. The van der Waals surface area contributed by atoms with Crippen LogP contribution in [0, 0.1) is 0 Å². The fourth-order valence-corrected chi connectivity index (χ4v) is 4.83. The van der Waals surface area contributed by atoms with Crippen molar-refractivity contribution in [3.63, 3.8) is 0 Å². The van der Waals surface area contributed by atoms with Gasteiger partial charge in [0.2, 0.25) is 0 Å². The Balaban J connectivity index is 1.46. The minimum Gasteiger partial charge on any atom is -0.357 e. The maximum absolute atomic E-state index is 3.77. The van der Waals surface area contributed by atoms with Crippen molar-refractivity contribution in [2.24, 2.45) is 0 Å².